The summed E-state index contributed by atoms with van der Waals surface area (Å²) < 4.78 is 0. The third-order valence-corrected chi connectivity index (χ3v) is 5.36. The summed E-state index contributed by atoms with van der Waals surface area (Å²) in [6, 6.07) is 6.92. The van der Waals surface area contributed by atoms with Crippen molar-refractivity contribution in [1.82, 2.24) is 9.88 Å². The van der Waals surface area contributed by atoms with Gasteiger partial charge in [-0.25, -0.2) is 0 Å². The lowest BCUT2D eigenvalue weighted by Gasteiger charge is -2.39. The standard InChI is InChI=1S/C16H18N2O.C5H8O4/c1-18-8-10(9-19)5-13-12-3-2-4-14-16(12)11(7-17-14)6-15(13)18;6-4(7)2-1-3-5(8)9/h2-5,7,10,15,17,19H,6,8-9H2,1H3;1-3H2,(H,6,7)(H,8,9)/t10-,15-;/m1./s1. The van der Waals surface area contributed by atoms with Crippen LogP contribution in [0.1, 0.15) is 30.4 Å². The molecule has 0 spiro atoms. The highest BCUT2D eigenvalue weighted by atomic mass is 16.4. The maximum atomic E-state index is 9.79. The SMILES string of the molecule is CN1C[C@H](CO)C=C2c3cccc4[nH]cc(c34)C[C@H]21.O=C(O)CCCC(=O)O. The highest BCUT2D eigenvalue weighted by molar-refractivity contribution is 5.98. The summed E-state index contributed by atoms with van der Waals surface area (Å²) in [7, 11) is 2.16. The summed E-state index contributed by atoms with van der Waals surface area (Å²) in [6.45, 7) is 1.18. The van der Waals surface area contributed by atoms with E-state index in [9.17, 15) is 14.7 Å². The van der Waals surface area contributed by atoms with Crippen LogP contribution in [0.5, 0.6) is 0 Å². The van der Waals surface area contributed by atoms with Gasteiger partial charge < -0.3 is 20.3 Å². The predicted molar refractivity (Wildman–Crippen MR) is 106 cm³/mol. The molecule has 0 unspecified atom stereocenters. The molecule has 0 radical (unpaired) electrons. The molecule has 4 N–H and O–H groups in total. The number of aliphatic hydroxyl groups excluding tert-OH is 1. The van der Waals surface area contributed by atoms with Gasteiger partial charge in [-0.05, 0) is 42.7 Å². The van der Waals surface area contributed by atoms with Crippen LogP contribution in [0, 0.1) is 5.92 Å². The normalized spacial score (nSPS) is 20.7. The predicted octanol–water partition coefficient (Wildman–Crippen LogP) is 2.36. The van der Waals surface area contributed by atoms with Crippen molar-refractivity contribution >= 4 is 28.4 Å². The molecular weight excluding hydrogens is 360 g/mol. The topological polar surface area (TPSA) is 114 Å². The van der Waals surface area contributed by atoms with Gasteiger partial charge in [-0.15, -0.1) is 0 Å². The molecule has 0 bridgehead atoms. The number of aliphatic hydroxyl groups is 1. The molecule has 7 nitrogen and oxygen atoms in total. The molecule has 0 fully saturated rings. The van der Waals surface area contributed by atoms with Crippen molar-refractivity contribution in [3.63, 3.8) is 0 Å². The fourth-order valence-corrected chi connectivity index (χ4v) is 4.05. The molecule has 2 atom stereocenters. The van der Waals surface area contributed by atoms with Crippen molar-refractivity contribution in [3.8, 4) is 0 Å². The van der Waals surface area contributed by atoms with Crippen LogP contribution in [-0.4, -0.2) is 63.4 Å². The van der Waals surface area contributed by atoms with E-state index < -0.39 is 11.9 Å². The second-order valence-corrected chi connectivity index (χ2v) is 7.41. The van der Waals surface area contributed by atoms with E-state index in [0.717, 1.165) is 13.0 Å². The highest BCUT2D eigenvalue weighted by Gasteiger charge is 2.33. The average molecular weight is 386 g/mol. The van der Waals surface area contributed by atoms with Gasteiger partial charge in [0.2, 0.25) is 0 Å². The van der Waals surface area contributed by atoms with E-state index in [2.05, 4.69) is 47.4 Å². The van der Waals surface area contributed by atoms with Gasteiger partial charge in [0, 0.05) is 48.4 Å². The van der Waals surface area contributed by atoms with Crippen LogP contribution in [0.15, 0.2) is 30.5 Å². The third-order valence-electron chi connectivity index (χ3n) is 5.36. The fourth-order valence-electron chi connectivity index (χ4n) is 4.05. The average Bonchev–Trinajstić information content (AvgIpc) is 3.07. The second-order valence-electron chi connectivity index (χ2n) is 7.41. The number of hydrogen-bond donors (Lipinski definition) is 4. The molecule has 1 aliphatic heterocycles. The van der Waals surface area contributed by atoms with E-state index >= 15 is 0 Å². The van der Waals surface area contributed by atoms with E-state index in [1.807, 2.05) is 0 Å². The molecule has 1 aromatic heterocycles. The number of nitrogens with one attached hydrogen (secondary N) is 1. The van der Waals surface area contributed by atoms with E-state index in [1.165, 1.54) is 27.6 Å². The number of aliphatic carboxylic acids is 2. The summed E-state index contributed by atoms with van der Waals surface area (Å²) in [5, 5.41) is 26.9. The smallest absolute Gasteiger partial charge is 0.303 e. The Kier molecular flexibility index (Phi) is 6.16. The first-order valence-corrected chi connectivity index (χ1v) is 9.46. The van der Waals surface area contributed by atoms with E-state index in [1.54, 1.807) is 0 Å². The number of carboxylic acid groups (broad SMARTS) is 2. The Hall–Kier alpha value is -2.64. The van der Waals surface area contributed by atoms with Gasteiger partial charge in [0.05, 0.1) is 6.61 Å². The molecule has 0 saturated carbocycles. The minimum atomic E-state index is -0.948. The van der Waals surface area contributed by atoms with Crippen molar-refractivity contribution in [2.75, 3.05) is 20.2 Å². The Morgan fingerprint density at radius 3 is 2.57 bits per heavy atom. The molecule has 7 heteroatoms. The monoisotopic (exact) mass is 386 g/mol. The Balaban J connectivity index is 0.000000215. The van der Waals surface area contributed by atoms with Crippen molar-refractivity contribution in [1.29, 1.82) is 0 Å². The van der Waals surface area contributed by atoms with Crippen LogP contribution >= 0.6 is 0 Å². The quantitative estimate of drug-likeness (QED) is 0.627. The summed E-state index contributed by atoms with van der Waals surface area (Å²) in [6.07, 6.45) is 5.59. The van der Waals surface area contributed by atoms with Crippen LogP contribution < -0.4 is 0 Å². The molecule has 2 aliphatic rings. The zero-order valence-corrected chi connectivity index (χ0v) is 15.9. The fraction of sp³-hybridized carbons (Fsp3) is 0.429. The summed E-state index contributed by atoms with van der Waals surface area (Å²) in [5.41, 5.74) is 5.38. The van der Waals surface area contributed by atoms with Crippen LogP contribution in [0.3, 0.4) is 0 Å². The number of nitrogens with zero attached hydrogens (tertiary/aromatic N) is 1. The van der Waals surface area contributed by atoms with Gasteiger partial charge in [0.1, 0.15) is 0 Å². The first-order valence-electron chi connectivity index (χ1n) is 9.46. The Labute approximate surface area is 163 Å². The number of aromatic nitrogens is 1. The van der Waals surface area contributed by atoms with Crippen molar-refractivity contribution < 1.29 is 24.9 Å². The molecule has 1 aromatic carbocycles. The molecule has 28 heavy (non-hydrogen) atoms. The Bertz CT molecular complexity index is 887. The maximum absolute atomic E-state index is 9.79. The van der Waals surface area contributed by atoms with Crippen molar-refractivity contribution in [2.45, 2.75) is 31.7 Å². The first-order chi connectivity index (χ1) is 13.4. The molecule has 2 aromatic rings. The minimum Gasteiger partial charge on any atom is -0.481 e. The van der Waals surface area contributed by atoms with Gasteiger partial charge >= 0.3 is 11.9 Å². The molecular formula is C21H26N2O5. The zero-order chi connectivity index (χ0) is 20.3. The third kappa shape index (κ3) is 4.26. The number of H-pyrrole nitrogens is 1. The number of likely N-dealkylation sites (N-methyl/N-ethyl adjacent to an activating group) is 1. The number of hydrogen-bond acceptors (Lipinski definition) is 4. The number of fused-ring (bicyclic) bond motifs is 2. The number of aromatic amines is 1. The second kappa shape index (κ2) is 8.58. The summed E-state index contributed by atoms with van der Waals surface area (Å²) >= 11 is 0. The van der Waals surface area contributed by atoms with E-state index in [4.69, 9.17) is 10.2 Å². The van der Waals surface area contributed by atoms with Crippen LogP contribution in [0.4, 0.5) is 0 Å². The molecule has 0 amide bonds. The van der Waals surface area contributed by atoms with Gasteiger partial charge in [-0.1, -0.05) is 18.2 Å². The number of benzene rings is 1. The lowest BCUT2D eigenvalue weighted by atomic mass is 9.80. The van der Waals surface area contributed by atoms with Crippen molar-refractivity contribution in [2.24, 2.45) is 5.92 Å². The van der Waals surface area contributed by atoms with E-state index in [0.29, 0.717) is 6.04 Å². The zero-order valence-electron chi connectivity index (χ0n) is 15.9. The Morgan fingerprint density at radius 2 is 1.93 bits per heavy atom. The minimum absolute atomic E-state index is 0.0632. The highest BCUT2D eigenvalue weighted by Crippen LogP contribution is 2.40. The molecule has 4 rings (SSSR count). The summed E-state index contributed by atoms with van der Waals surface area (Å²) in [4.78, 5) is 25.3. The van der Waals surface area contributed by atoms with Gasteiger partial charge in [-0.2, -0.15) is 0 Å². The molecule has 2 heterocycles. The van der Waals surface area contributed by atoms with Gasteiger partial charge in [0.25, 0.3) is 0 Å². The number of rotatable bonds is 5. The summed E-state index contributed by atoms with van der Waals surface area (Å²) in [5.74, 6) is -1.64. The van der Waals surface area contributed by atoms with Crippen LogP contribution in [0.2, 0.25) is 0 Å². The Morgan fingerprint density at radius 1 is 1.21 bits per heavy atom. The number of carbonyl (C=O) groups is 2. The van der Waals surface area contributed by atoms with E-state index in [-0.39, 0.29) is 31.8 Å². The number of carboxylic acids is 2. The van der Waals surface area contributed by atoms with Crippen LogP contribution in [-0.2, 0) is 16.0 Å². The van der Waals surface area contributed by atoms with Crippen molar-refractivity contribution in [3.05, 3.63) is 41.6 Å². The van der Waals surface area contributed by atoms with Gasteiger partial charge in [-0.3, -0.25) is 14.5 Å². The van der Waals surface area contributed by atoms with Gasteiger partial charge in [0.15, 0.2) is 0 Å². The van der Waals surface area contributed by atoms with Crippen LogP contribution in [0.25, 0.3) is 16.5 Å². The molecule has 0 saturated heterocycles. The lowest BCUT2D eigenvalue weighted by molar-refractivity contribution is -0.138. The maximum Gasteiger partial charge on any atom is 0.303 e. The molecule has 150 valence electrons. The first kappa shape index (κ1) is 20.1. The molecule has 1 aliphatic carbocycles. The lowest BCUT2D eigenvalue weighted by Crippen LogP contribution is -2.43. The largest absolute Gasteiger partial charge is 0.481 e.